The number of nitrogens with zero attached hydrogens (tertiary/aromatic N) is 2. The van der Waals surface area contributed by atoms with Gasteiger partial charge in [-0.15, -0.1) is 0 Å². The number of hydrogen-bond acceptors (Lipinski definition) is 4. The molecule has 1 N–H and O–H groups in total. The van der Waals surface area contributed by atoms with Crippen LogP contribution in [0.4, 0.5) is 0 Å². The van der Waals surface area contributed by atoms with Crippen LogP contribution in [0.25, 0.3) is 0 Å². The Morgan fingerprint density at radius 1 is 1.43 bits per heavy atom. The van der Waals surface area contributed by atoms with Crippen molar-refractivity contribution in [3.63, 3.8) is 0 Å². The molecule has 1 amide bonds. The standard InChI is InChI=1S/C14H27N3O3S/c1-11(2)16(3)9-13(18)17-6-5-14(10-17)7-12(8-14)15-21(4,19)20/h11-12,15H,5-10H2,1-4H3. The zero-order valence-electron chi connectivity index (χ0n) is 13.4. The molecule has 1 saturated heterocycles. The summed E-state index contributed by atoms with van der Waals surface area (Å²) in [6, 6.07) is 0.408. The second-order valence-corrected chi connectivity index (χ2v) is 8.85. The van der Waals surface area contributed by atoms with Crippen LogP contribution in [-0.2, 0) is 14.8 Å². The smallest absolute Gasteiger partial charge is 0.236 e. The van der Waals surface area contributed by atoms with E-state index in [4.69, 9.17) is 0 Å². The van der Waals surface area contributed by atoms with E-state index in [1.165, 1.54) is 6.26 Å². The first-order valence-corrected chi connectivity index (χ1v) is 9.45. The van der Waals surface area contributed by atoms with Crippen LogP contribution in [0.2, 0.25) is 0 Å². The maximum absolute atomic E-state index is 12.3. The van der Waals surface area contributed by atoms with Gasteiger partial charge in [-0.3, -0.25) is 9.69 Å². The van der Waals surface area contributed by atoms with E-state index >= 15 is 0 Å². The third-order valence-corrected chi connectivity index (χ3v) is 5.56. The lowest BCUT2D eigenvalue weighted by Gasteiger charge is -2.45. The van der Waals surface area contributed by atoms with Crippen molar-refractivity contribution in [2.24, 2.45) is 5.41 Å². The lowest BCUT2D eigenvalue weighted by Crippen LogP contribution is -2.52. The molecule has 2 rings (SSSR count). The fraction of sp³-hybridized carbons (Fsp3) is 0.929. The number of rotatable bonds is 5. The molecule has 1 aliphatic carbocycles. The van der Waals surface area contributed by atoms with E-state index in [-0.39, 0.29) is 17.4 Å². The number of carbonyl (C=O) groups is 1. The molecule has 1 aliphatic heterocycles. The molecular formula is C14H27N3O3S. The Hall–Kier alpha value is -0.660. The molecule has 1 heterocycles. The maximum atomic E-state index is 12.3. The first kappa shape index (κ1) is 16.7. The molecule has 0 aromatic carbocycles. The van der Waals surface area contributed by atoms with Crippen molar-refractivity contribution in [3.05, 3.63) is 0 Å². The van der Waals surface area contributed by atoms with Crippen molar-refractivity contribution in [2.75, 3.05) is 32.9 Å². The van der Waals surface area contributed by atoms with E-state index < -0.39 is 10.0 Å². The van der Waals surface area contributed by atoms with E-state index in [0.29, 0.717) is 12.6 Å². The van der Waals surface area contributed by atoms with Gasteiger partial charge in [0.25, 0.3) is 0 Å². The Balaban J connectivity index is 1.81. The molecule has 6 nitrogen and oxygen atoms in total. The van der Waals surface area contributed by atoms with Crippen LogP contribution >= 0.6 is 0 Å². The predicted octanol–water partition coefficient (Wildman–Crippen LogP) is 0.257. The zero-order valence-corrected chi connectivity index (χ0v) is 14.2. The van der Waals surface area contributed by atoms with Gasteiger partial charge in [0, 0.05) is 25.2 Å². The van der Waals surface area contributed by atoms with Crippen molar-refractivity contribution in [2.45, 2.75) is 45.2 Å². The van der Waals surface area contributed by atoms with Crippen molar-refractivity contribution in [1.82, 2.24) is 14.5 Å². The second kappa shape index (κ2) is 5.85. The summed E-state index contributed by atoms with van der Waals surface area (Å²) in [6.45, 7) is 6.19. The molecule has 122 valence electrons. The molecule has 2 aliphatic rings. The third kappa shape index (κ3) is 4.17. The normalized spacial score (nSPS) is 29.4. The lowest BCUT2D eigenvalue weighted by molar-refractivity contribution is -0.132. The van der Waals surface area contributed by atoms with Gasteiger partial charge in [0.2, 0.25) is 15.9 Å². The summed E-state index contributed by atoms with van der Waals surface area (Å²) < 4.78 is 25.1. The number of sulfonamides is 1. The van der Waals surface area contributed by atoms with E-state index in [0.717, 1.165) is 32.4 Å². The molecule has 7 heteroatoms. The molecule has 2 fully saturated rings. The van der Waals surface area contributed by atoms with Gasteiger partial charge in [-0.05, 0) is 45.6 Å². The van der Waals surface area contributed by atoms with Crippen LogP contribution < -0.4 is 4.72 Å². The van der Waals surface area contributed by atoms with Gasteiger partial charge in [-0.2, -0.15) is 0 Å². The Morgan fingerprint density at radius 3 is 2.57 bits per heavy atom. The van der Waals surface area contributed by atoms with E-state index in [9.17, 15) is 13.2 Å². The number of carbonyl (C=O) groups excluding carboxylic acids is 1. The highest BCUT2D eigenvalue weighted by Gasteiger charge is 2.49. The second-order valence-electron chi connectivity index (χ2n) is 7.07. The Kier molecular flexibility index (Phi) is 4.66. The summed E-state index contributed by atoms with van der Waals surface area (Å²) in [5.74, 6) is 0.183. The Labute approximate surface area is 127 Å². The van der Waals surface area contributed by atoms with Crippen LogP contribution in [0.15, 0.2) is 0 Å². The van der Waals surface area contributed by atoms with Gasteiger partial charge in [0.05, 0.1) is 12.8 Å². The first-order chi connectivity index (χ1) is 9.60. The Morgan fingerprint density at radius 2 is 2.05 bits per heavy atom. The summed E-state index contributed by atoms with van der Waals surface area (Å²) in [5.41, 5.74) is 0.147. The van der Waals surface area contributed by atoms with Gasteiger partial charge >= 0.3 is 0 Å². The van der Waals surface area contributed by atoms with Crippen molar-refractivity contribution in [1.29, 1.82) is 0 Å². The summed E-state index contributed by atoms with van der Waals surface area (Å²) in [7, 11) is -1.16. The molecule has 0 atom stereocenters. The lowest BCUT2D eigenvalue weighted by atomic mass is 9.65. The van der Waals surface area contributed by atoms with E-state index in [1.807, 2.05) is 16.8 Å². The summed E-state index contributed by atoms with van der Waals surface area (Å²) in [6.07, 6.45) is 3.89. The average molecular weight is 317 g/mol. The molecule has 0 aromatic rings. The quantitative estimate of drug-likeness (QED) is 0.789. The van der Waals surface area contributed by atoms with Crippen molar-refractivity contribution < 1.29 is 13.2 Å². The SMILES string of the molecule is CC(C)N(C)CC(=O)N1CCC2(CC(NS(C)(=O)=O)C2)C1. The molecule has 0 bridgehead atoms. The average Bonchev–Trinajstić information content (AvgIpc) is 2.71. The van der Waals surface area contributed by atoms with Gasteiger partial charge in [0.1, 0.15) is 0 Å². The van der Waals surface area contributed by atoms with Crippen LogP contribution in [0, 0.1) is 5.41 Å². The highest BCUT2D eigenvalue weighted by atomic mass is 32.2. The minimum Gasteiger partial charge on any atom is -0.341 e. The predicted molar refractivity (Wildman–Crippen MR) is 82.4 cm³/mol. The summed E-state index contributed by atoms with van der Waals surface area (Å²) in [5, 5.41) is 0. The number of nitrogens with one attached hydrogen (secondary N) is 1. The zero-order chi connectivity index (χ0) is 15.8. The van der Waals surface area contributed by atoms with Crippen molar-refractivity contribution >= 4 is 15.9 Å². The molecule has 21 heavy (non-hydrogen) atoms. The maximum Gasteiger partial charge on any atom is 0.236 e. The Bertz CT molecular complexity index is 498. The molecule has 0 aromatic heterocycles. The third-order valence-electron chi connectivity index (χ3n) is 4.80. The minimum atomic E-state index is -3.12. The van der Waals surface area contributed by atoms with Crippen LogP contribution in [-0.4, -0.2) is 69.1 Å². The minimum absolute atomic E-state index is 0.0494. The molecule has 0 unspecified atom stereocenters. The number of likely N-dealkylation sites (N-methyl/N-ethyl adjacent to an activating group) is 1. The number of amides is 1. The summed E-state index contributed by atoms with van der Waals surface area (Å²) in [4.78, 5) is 16.3. The molecule has 1 saturated carbocycles. The van der Waals surface area contributed by atoms with Gasteiger partial charge in [0.15, 0.2) is 0 Å². The number of hydrogen-bond donors (Lipinski definition) is 1. The van der Waals surface area contributed by atoms with Gasteiger partial charge in [-0.25, -0.2) is 13.1 Å². The molecular weight excluding hydrogens is 290 g/mol. The molecule has 0 radical (unpaired) electrons. The highest BCUT2D eigenvalue weighted by molar-refractivity contribution is 7.88. The number of likely N-dealkylation sites (tertiary alicyclic amines) is 1. The van der Waals surface area contributed by atoms with Gasteiger partial charge < -0.3 is 4.90 Å². The molecule has 1 spiro atoms. The fourth-order valence-corrected chi connectivity index (χ4v) is 4.12. The van der Waals surface area contributed by atoms with E-state index in [1.54, 1.807) is 0 Å². The fourth-order valence-electron chi connectivity index (χ4n) is 3.35. The summed E-state index contributed by atoms with van der Waals surface area (Å²) >= 11 is 0. The first-order valence-electron chi connectivity index (χ1n) is 7.56. The van der Waals surface area contributed by atoms with Gasteiger partial charge in [-0.1, -0.05) is 0 Å². The highest BCUT2D eigenvalue weighted by Crippen LogP contribution is 2.48. The van der Waals surface area contributed by atoms with Crippen LogP contribution in [0.5, 0.6) is 0 Å². The van der Waals surface area contributed by atoms with E-state index in [2.05, 4.69) is 18.6 Å². The monoisotopic (exact) mass is 317 g/mol. The van der Waals surface area contributed by atoms with Crippen LogP contribution in [0.1, 0.15) is 33.1 Å². The largest absolute Gasteiger partial charge is 0.341 e. The van der Waals surface area contributed by atoms with Crippen molar-refractivity contribution in [3.8, 4) is 0 Å². The topological polar surface area (TPSA) is 69.7 Å². The van der Waals surface area contributed by atoms with Crippen LogP contribution in [0.3, 0.4) is 0 Å².